The number of carbonyl (C=O) groups is 3. The molecule has 1 unspecified atom stereocenters. The van der Waals surface area contributed by atoms with Crippen molar-refractivity contribution in [3.05, 3.63) is 69.8 Å². The Labute approximate surface area is 226 Å². The first-order chi connectivity index (χ1) is 18.0. The van der Waals surface area contributed by atoms with E-state index in [4.69, 9.17) is 4.74 Å². The minimum Gasteiger partial charge on any atom is -0.453 e. The molecule has 0 spiro atoms. The van der Waals surface area contributed by atoms with Crippen LogP contribution in [0.4, 0.5) is 10.5 Å². The fraction of sp³-hybridized carbons (Fsp3) is 0.370. The fourth-order valence-electron chi connectivity index (χ4n) is 4.14. The molecule has 0 bridgehead atoms. The third-order valence-electron chi connectivity index (χ3n) is 6.19. The zero-order valence-corrected chi connectivity index (χ0v) is 22.9. The second-order valence-corrected chi connectivity index (χ2v) is 10.4. The number of nitrogens with zero attached hydrogens (tertiary/aromatic N) is 4. The summed E-state index contributed by atoms with van der Waals surface area (Å²) in [5, 5.41) is 11.8. The lowest BCUT2D eigenvalue weighted by Crippen LogP contribution is -2.61. The van der Waals surface area contributed by atoms with Crippen molar-refractivity contribution in [1.29, 1.82) is 0 Å². The minimum atomic E-state index is -0.866. The number of ether oxygens (including phenoxy) is 1. The molecular formula is C27H32N4O6S. The normalized spacial score (nSPS) is 15.6. The largest absolute Gasteiger partial charge is 0.453 e. The number of nitro benzene ring substituents is 1. The molecule has 38 heavy (non-hydrogen) atoms. The molecule has 0 aromatic heterocycles. The quantitative estimate of drug-likeness (QED) is 0.293. The first-order valence-electron chi connectivity index (χ1n) is 12.1. The van der Waals surface area contributed by atoms with Crippen molar-refractivity contribution in [2.24, 2.45) is 0 Å². The van der Waals surface area contributed by atoms with E-state index >= 15 is 0 Å². The maximum absolute atomic E-state index is 12.9. The molecule has 1 aliphatic heterocycles. The minimum absolute atomic E-state index is 0.0142. The second kappa shape index (κ2) is 12.6. The Morgan fingerprint density at radius 2 is 1.84 bits per heavy atom. The highest BCUT2D eigenvalue weighted by Crippen LogP contribution is 2.39. The highest BCUT2D eigenvalue weighted by atomic mass is 32.2. The molecule has 202 valence electrons. The van der Waals surface area contributed by atoms with Crippen LogP contribution in [0.15, 0.2) is 58.3 Å². The van der Waals surface area contributed by atoms with Gasteiger partial charge in [-0.25, -0.2) is 4.79 Å². The van der Waals surface area contributed by atoms with E-state index in [1.165, 1.54) is 51.8 Å². The molecule has 0 radical (unpaired) electrons. The maximum Gasteiger partial charge on any atom is 0.410 e. The van der Waals surface area contributed by atoms with Crippen LogP contribution in [0.1, 0.15) is 30.9 Å². The van der Waals surface area contributed by atoms with Gasteiger partial charge >= 0.3 is 6.09 Å². The van der Waals surface area contributed by atoms with Crippen LogP contribution in [0.3, 0.4) is 0 Å². The lowest BCUT2D eigenvalue weighted by atomic mass is 10.0. The Kier molecular flexibility index (Phi) is 9.51. The third-order valence-corrected chi connectivity index (χ3v) is 7.34. The summed E-state index contributed by atoms with van der Waals surface area (Å²) in [5.41, 5.74) is 1.56. The second-order valence-electron chi connectivity index (χ2n) is 9.31. The summed E-state index contributed by atoms with van der Waals surface area (Å²) in [7, 11) is 4.40. The van der Waals surface area contributed by atoms with Gasteiger partial charge in [0.1, 0.15) is 6.04 Å². The number of benzene rings is 2. The van der Waals surface area contributed by atoms with Crippen molar-refractivity contribution in [2.75, 3.05) is 40.8 Å². The average molecular weight is 541 g/mol. The number of hydrogen-bond donors (Lipinski definition) is 0. The van der Waals surface area contributed by atoms with Gasteiger partial charge in [-0.2, -0.15) is 0 Å². The van der Waals surface area contributed by atoms with E-state index in [0.717, 1.165) is 10.5 Å². The number of likely N-dealkylation sites (N-methyl/N-ethyl adjacent to an activating group) is 1. The number of amides is 3. The van der Waals surface area contributed by atoms with Crippen molar-refractivity contribution in [3.63, 3.8) is 0 Å². The van der Waals surface area contributed by atoms with Crippen LogP contribution in [0.5, 0.6) is 0 Å². The molecule has 1 atom stereocenters. The molecule has 2 aromatic carbocycles. The number of carbonyl (C=O) groups excluding carboxylic acids is 3. The Hall–Kier alpha value is -3.86. The summed E-state index contributed by atoms with van der Waals surface area (Å²) in [6, 6.07) is 11.8. The Morgan fingerprint density at radius 3 is 2.47 bits per heavy atom. The SMILES string of the molecule is COC(=O)N1CCN(C(=O)/C=C/c2ccc(Sc3ccccc3C(C)C)c([N+](=O)[O-])c2)CC1C(=O)N(C)C. The summed E-state index contributed by atoms with van der Waals surface area (Å²) < 4.78 is 4.79. The molecule has 1 saturated heterocycles. The Morgan fingerprint density at radius 1 is 1.13 bits per heavy atom. The number of piperazine rings is 1. The van der Waals surface area contributed by atoms with Crippen LogP contribution < -0.4 is 0 Å². The van der Waals surface area contributed by atoms with Crippen molar-refractivity contribution < 1.29 is 24.0 Å². The first-order valence-corrected chi connectivity index (χ1v) is 12.9. The van der Waals surface area contributed by atoms with Gasteiger partial charge in [-0.15, -0.1) is 0 Å². The van der Waals surface area contributed by atoms with Gasteiger partial charge in [0.05, 0.1) is 23.5 Å². The van der Waals surface area contributed by atoms with Gasteiger partial charge in [0.15, 0.2) is 0 Å². The van der Waals surface area contributed by atoms with Crippen LogP contribution in [-0.4, -0.2) is 84.4 Å². The Bertz CT molecular complexity index is 1250. The molecule has 1 fully saturated rings. The highest BCUT2D eigenvalue weighted by molar-refractivity contribution is 7.99. The highest BCUT2D eigenvalue weighted by Gasteiger charge is 2.37. The van der Waals surface area contributed by atoms with Crippen LogP contribution in [-0.2, 0) is 14.3 Å². The molecule has 2 aromatic rings. The molecule has 1 heterocycles. The van der Waals surface area contributed by atoms with Crippen molar-refractivity contribution in [2.45, 2.75) is 35.6 Å². The molecule has 0 saturated carbocycles. The smallest absolute Gasteiger partial charge is 0.410 e. The molecule has 10 nitrogen and oxygen atoms in total. The lowest BCUT2D eigenvalue weighted by Gasteiger charge is -2.40. The summed E-state index contributed by atoms with van der Waals surface area (Å²) in [6.45, 7) is 4.53. The fourth-order valence-corrected chi connectivity index (χ4v) is 5.32. The van der Waals surface area contributed by atoms with Crippen LogP contribution in [0.2, 0.25) is 0 Å². The number of hydrogen-bond acceptors (Lipinski definition) is 7. The number of rotatable bonds is 7. The molecule has 0 aliphatic carbocycles. The van der Waals surface area contributed by atoms with E-state index in [2.05, 4.69) is 13.8 Å². The Balaban J connectivity index is 1.78. The maximum atomic E-state index is 12.9. The van der Waals surface area contributed by atoms with Crippen LogP contribution in [0, 0.1) is 10.1 Å². The molecule has 1 aliphatic rings. The van der Waals surface area contributed by atoms with Crippen molar-refractivity contribution >= 4 is 41.4 Å². The van der Waals surface area contributed by atoms with Crippen molar-refractivity contribution in [3.8, 4) is 0 Å². The van der Waals surface area contributed by atoms with E-state index in [-0.39, 0.29) is 43.1 Å². The molecular weight excluding hydrogens is 508 g/mol. The summed E-state index contributed by atoms with van der Waals surface area (Å²) in [4.78, 5) is 54.7. The monoisotopic (exact) mass is 540 g/mol. The average Bonchev–Trinajstić information content (AvgIpc) is 2.91. The third kappa shape index (κ3) is 6.71. The number of methoxy groups -OCH3 is 1. The summed E-state index contributed by atoms with van der Waals surface area (Å²) >= 11 is 1.34. The molecule has 0 N–H and O–H groups in total. The van der Waals surface area contributed by atoms with Crippen LogP contribution >= 0.6 is 11.8 Å². The topological polar surface area (TPSA) is 113 Å². The molecule has 11 heteroatoms. The van der Waals surface area contributed by atoms with Crippen LogP contribution in [0.25, 0.3) is 6.08 Å². The standard InChI is InChI=1S/C27H32N4O6S/c1-18(2)20-8-6-7-9-23(20)38-24-12-10-19(16-21(24)31(35)36)11-13-25(32)29-14-15-30(27(34)37-5)22(17-29)26(33)28(3)4/h6-13,16,18,22H,14-15,17H2,1-5H3/b13-11+. The van der Waals surface area contributed by atoms with E-state index in [9.17, 15) is 24.5 Å². The van der Waals surface area contributed by atoms with Crippen molar-refractivity contribution in [1.82, 2.24) is 14.7 Å². The zero-order valence-electron chi connectivity index (χ0n) is 22.1. The molecule has 3 rings (SSSR count). The van der Waals surface area contributed by atoms with E-state index < -0.39 is 17.1 Å². The van der Waals surface area contributed by atoms with Gasteiger partial charge in [0, 0.05) is 44.2 Å². The van der Waals surface area contributed by atoms with Gasteiger partial charge in [-0.05, 0) is 35.3 Å². The lowest BCUT2D eigenvalue weighted by molar-refractivity contribution is -0.387. The van der Waals surface area contributed by atoms with E-state index in [1.54, 1.807) is 26.2 Å². The first kappa shape index (κ1) is 28.7. The van der Waals surface area contributed by atoms with E-state index in [1.807, 2.05) is 24.3 Å². The van der Waals surface area contributed by atoms with Gasteiger partial charge < -0.3 is 14.5 Å². The van der Waals surface area contributed by atoms with Gasteiger partial charge in [0.2, 0.25) is 11.8 Å². The summed E-state index contributed by atoms with van der Waals surface area (Å²) in [5.74, 6) is -0.411. The predicted molar refractivity (Wildman–Crippen MR) is 145 cm³/mol. The predicted octanol–water partition coefficient (Wildman–Crippen LogP) is 4.25. The van der Waals surface area contributed by atoms with Gasteiger partial charge in [-0.1, -0.05) is 49.9 Å². The van der Waals surface area contributed by atoms with E-state index in [0.29, 0.717) is 10.5 Å². The zero-order chi connectivity index (χ0) is 28.0. The van der Waals surface area contributed by atoms with Gasteiger partial charge in [-0.3, -0.25) is 24.6 Å². The van der Waals surface area contributed by atoms with Gasteiger partial charge in [0.25, 0.3) is 5.69 Å². The number of nitro groups is 1. The molecule has 3 amide bonds. The summed E-state index contributed by atoms with van der Waals surface area (Å²) in [6.07, 6.45) is 2.21.